The maximum Gasteiger partial charge on any atom is 0.256 e. The molecule has 6 heteroatoms. The van der Waals surface area contributed by atoms with E-state index in [1.807, 2.05) is 26.0 Å². The lowest BCUT2D eigenvalue weighted by Gasteiger charge is -2.00. The number of hydrogen-bond donors (Lipinski definition) is 1. The lowest BCUT2D eigenvalue weighted by atomic mass is 10.4. The van der Waals surface area contributed by atoms with Gasteiger partial charge in [-0.1, -0.05) is 23.4 Å². The minimum atomic E-state index is 0.756. The number of nitrogens with zero attached hydrogens (tertiary/aromatic N) is 1. The Bertz CT molecular complexity index is 490. The highest BCUT2D eigenvalue weighted by atomic mass is 35.5. The van der Waals surface area contributed by atoms with Crippen molar-refractivity contribution in [2.24, 2.45) is 0 Å². The lowest BCUT2D eigenvalue weighted by molar-refractivity contribution is 0.431. The SMILES string of the molecule is Cc1nc(SCCNCc2ccc(Cl)s2)oc1C. The number of halogens is 1. The molecular formula is C12H15ClN2OS2. The topological polar surface area (TPSA) is 38.1 Å². The van der Waals surface area contributed by atoms with E-state index < -0.39 is 0 Å². The second kappa shape index (κ2) is 6.61. The van der Waals surface area contributed by atoms with Crippen molar-refractivity contribution in [2.45, 2.75) is 25.6 Å². The molecular weight excluding hydrogens is 288 g/mol. The molecule has 1 N–H and O–H groups in total. The van der Waals surface area contributed by atoms with Gasteiger partial charge in [-0.05, 0) is 26.0 Å². The molecule has 0 aliphatic rings. The van der Waals surface area contributed by atoms with E-state index in [2.05, 4.69) is 10.3 Å². The molecule has 0 atom stereocenters. The number of aromatic nitrogens is 1. The molecule has 0 fully saturated rings. The third-order valence-electron chi connectivity index (χ3n) is 2.44. The van der Waals surface area contributed by atoms with Crippen LogP contribution < -0.4 is 5.32 Å². The van der Waals surface area contributed by atoms with Crippen LogP contribution in [-0.2, 0) is 6.54 Å². The summed E-state index contributed by atoms with van der Waals surface area (Å²) >= 11 is 9.11. The molecule has 0 amide bonds. The van der Waals surface area contributed by atoms with Gasteiger partial charge >= 0.3 is 0 Å². The van der Waals surface area contributed by atoms with Crippen molar-refractivity contribution in [3.63, 3.8) is 0 Å². The van der Waals surface area contributed by atoms with Crippen LogP contribution in [0, 0.1) is 13.8 Å². The van der Waals surface area contributed by atoms with E-state index in [1.165, 1.54) is 4.88 Å². The summed E-state index contributed by atoms with van der Waals surface area (Å²) in [5.41, 5.74) is 0.971. The number of thioether (sulfide) groups is 1. The van der Waals surface area contributed by atoms with Crippen LogP contribution in [-0.4, -0.2) is 17.3 Å². The molecule has 0 unspecified atom stereocenters. The maximum atomic E-state index is 5.86. The van der Waals surface area contributed by atoms with Crippen LogP contribution in [0.2, 0.25) is 4.34 Å². The Morgan fingerprint density at radius 2 is 2.28 bits per heavy atom. The first kappa shape index (κ1) is 13.9. The second-order valence-electron chi connectivity index (χ2n) is 3.85. The van der Waals surface area contributed by atoms with Crippen molar-refractivity contribution < 1.29 is 4.42 Å². The average Bonchev–Trinajstić information content (AvgIpc) is 2.86. The maximum absolute atomic E-state index is 5.86. The van der Waals surface area contributed by atoms with E-state index in [1.54, 1.807) is 23.1 Å². The quantitative estimate of drug-likeness (QED) is 0.649. The molecule has 98 valence electrons. The highest BCUT2D eigenvalue weighted by molar-refractivity contribution is 7.99. The fourth-order valence-electron chi connectivity index (χ4n) is 1.37. The summed E-state index contributed by atoms with van der Waals surface area (Å²) in [4.78, 5) is 5.58. The Morgan fingerprint density at radius 3 is 2.89 bits per heavy atom. The van der Waals surface area contributed by atoms with Gasteiger partial charge in [0.2, 0.25) is 0 Å². The van der Waals surface area contributed by atoms with Crippen LogP contribution in [0.4, 0.5) is 0 Å². The first-order valence-electron chi connectivity index (χ1n) is 5.67. The average molecular weight is 303 g/mol. The summed E-state index contributed by atoms with van der Waals surface area (Å²) in [5, 5.41) is 4.12. The van der Waals surface area contributed by atoms with Crippen LogP contribution in [0.5, 0.6) is 0 Å². The molecule has 0 bridgehead atoms. The third-order valence-corrected chi connectivity index (χ3v) is 4.50. The predicted molar refractivity (Wildman–Crippen MR) is 77.7 cm³/mol. The number of aryl methyl sites for hydroxylation is 2. The van der Waals surface area contributed by atoms with Gasteiger partial charge < -0.3 is 9.73 Å². The molecule has 2 rings (SSSR count). The van der Waals surface area contributed by atoms with Gasteiger partial charge in [0.05, 0.1) is 10.0 Å². The molecule has 2 aromatic rings. The molecule has 0 saturated heterocycles. The molecule has 2 heterocycles. The van der Waals surface area contributed by atoms with E-state index in [4.69, 9.17) is 16.0 Å². The molecule has 0 saturated carbocycles. The fourth-order valence-corrected chi connectivity index (χ4v) is 3.24. The lowest BCUT2D eigenvalue weighted by Crippen LogP contribution is -2.15. The van der Waals surface area contributed by atoms with Gasteiger partial charge in [0.25, 0.3) is 5.22 Å². The molecule has 0 spiro atoms. The molecule has 3 nitrogen and oxygen atoms in total. The summed E-state index contributed by atoms with van der Waals surface area (Å²) < 4.78 is 6.33. The van der Waals surface area contributed by atoms with Crippen LogP contribution in [0.3, 0.4) is 0 Å². The van der Waals surface area contributed by atoms with E-state index in [9.17, 15) is 0 Å². The zero-order valence-corrected chi connectivity index (χ0v) is 12.7. The minimum Gasteiger partial charge on any atom is -0.437 e. The van der Waals surface area contributed by atoms with Crippen LogP contribution in [0.1, 0.15) is 16.3 Å². The fraction of sp³-hybridized carbons (Fsp3) is 0.417. The number of thiophene rings is 1. The number of hydrogen-bond acceptors (Lipinski definition) is 5. The van der Waals surface area contributed by atoms with Gasteiger partial charge in [0.1, 0.15) is 5.76 Å². The van der Waals surface area contributed by atoms with E-state index in [0.29, 0.717) is 0 Å². The van der Waals surface area contributed by atoms with Crippen LogP contribution in [0.15, 0.2) is 21.8 Å². The normalized spacial score (nSPS) is 11.1. The smallest absolute Gasteiger partial charge is 0.256 e. The molecule has 0 aliphatic heterocycles. The second-order valence-corrected chi connectivity index (χ2v) is 6.70. The Labute approximate surface area is 120 Å². The summed E-state index contributed by atoms with van der Waals surface area (Å²) in [5.74, 6) is 1.84. The van der Waals surface area contributed by atoms with Gasteiger partial charge in [0, 0.05) is 23.7 Å². The Hall–Kier alpha value is -0.490. The van der Waals surface area contributed by atoms with Gasteiger partial charge in [-0.2, -0.15) is 0 Å². The summed E-state index contributed by atoms with van der Waals surface area (Å²) in [6.07, 6.45) is 0. The largest absolute Gasteiger partial charge is 0.437 e. The highest BCUT2D eigenvalue weighted by Gasteiger charge is 2.05. The molecule has 18 heavy (non-hydrogen) atoms. The Kier molecular flexibility index (Phi) is 5.12. The monoisotopic (exact) mass is 302 g/mol. The first-order valence-corrected chi connectivity index (χ1v) is 7.85. The molecule has 0 radical (unpaired) electrons. The third kappa shape index (κ3) is 4.02. The zero-order chi connectivity index (χ0) is 13.0. The zero-order valence-electron chi connectivity index (χ0n) is 10.3. The predicted octanol–water partition coefficient (Wildman–Crippen LogP) is 3.89. The minimum absolute atomic E-state index is 0.756. The summed E-state index contributed by atoms with van der Waals surface area (Å²) in [6.45, 7) is 5.68. The van der Waals surface area contributed by atoms with E-state index >= 15 is 0 Å². The van der Waals surface area contributed by atoms with Crippen molar-refractivity contribution in [1.82, 2.24) is 10.3 Å². The highest BCUT2D eigenvalue weighted by Crippen LogP contribution is 2.21. The number of oxazole rings is 1. The van der Waals surface area contributed by atoms with Crippen molar-refractivity contribution >= 4 is 34.7 Å². The van der Waals surface area contributed by atoms with Crippen molar-refractivity contribution in [3.8, 4) is 0 Å². The van der Waals surface area contributed by atoms with Crippen LogP contribution in [0.25, 0.3) is 0 Å². The Morgan fingerprint density at radius 1 is 1.44 bits per heavy atom. The summed E-state index contributed by atoms with van der Waals surface area (Å²) in [7, 11) is 0. The van der Waals surface area contributed by atoms with Gasteiger partial charge in [-0.3, -0.25) is 0 Å². The molecule has 0 aliphatic carbocycles. The van der Waals surface area contributed by atoms with Crippen molar-refractivity contribution in [3.05, 3.63) is 32.8 Å². The Balaban J connectivity index is 1.64. The number of rotatable bonds is 6. The standard InChI is InChI=1S/C12H15ClN2OS2/c1-8-9(2)16-12(15-8)17-6-5-14-7-10-3-4-11(13)18-10/h3-4,14H,5-7H2,1-2H3. The van der Waals surface area contributed by atoms with E-state index in [0.717, 1.165) is 39.9 Å². The van der Waals surface area contributed by atoms with Crippen LogP contribution >= 0.6 is 34.7 Å². The van der Waals surface area contributed by atoms with E-state index in [-0.39, 0.29) is 0 Å². The molecule has 2 aromatic heterocycles. The number of nitrogens with one attached hydrogen (secondary N) is 1. The first-order chi connectivity index (χ1) is 8.65. The van der Waals surface area contributed by atoms with Crippen molar-refractivity contribution in [2.75, 3.05) is 12.3 Å². The van der Waals surface area contributed by atoms with Gasteiger partial charge in [-0.15, -0.1) is 11.3 Å². The van der Waals surface area contributed by atoms with Crippen molar-refractivity contribution in [1.29, 1.82) is 0 Å². The summed E-state index contributed by atoms with van der Waals surface area (Å²) in [6, 6.07) is 3.98. The van der Waals surface area contributed by atoms with Gasteiger partial charge in [-0.25, -0.2) is 4.98 Å². The molecule has 0 aromatic carbocycles. The van der Waals surface area contributed by atoms with Gasteiger partial charge in [0.15, 0.2) is 0 Å².